The average molecular weight is 279 g/mol. The highest BCUT2D eigenvalue weighted by Crippen LogP contribution is 2.38. The van der Waals surface area contributed by atoms with E-state index in [1.165, 1.54) is 14.2 Å². The molecule has 0 aliphatic carbocycles. The van der Waals surface area contributed by atoms with Gasteiger partial charge in [-0.1, -0.05) is 0 Å². The lowest BCUT2D eigenvalue weighted by Crippen LogP contribution is -2.05. The van der Waals surface area contributed by atoms with Gasteiger partial charge < -0.3 is 23.9 Å². The summed E-state index contributed by atoms with van der Waals surface area (Å²) >= 11 is 0. The molecule has 1 N–H and O–H groups in total. The van der Waals surface area contributed by atoms with Gasteiger partial charge in [0, 0.05) is 7.05 Å². The summed E-state index contributed by atoms with van der Waals surface area (Å²) in [5, 5.41) is 16.9. The number of hydrogen-bond donors (Lipinski definition) is 1. The van der Waals surface area contributed by atoms with Gasteiger partial charge in [0.15, 0.2) is 17.3 Å². The van der Waals surface area contributed by atoms with Gasteiger partial charge in [0.2, 0.25) is 5.75 Å². The Morgan fingerprint density at radius 2 is 1.85 bits per heavy atom. The molecule has 0 radical (unpaired) electrons. The van der Waals surface area contributed by atoms with Crippen LogP contribution in [0.2, 0.25) is 0 Å². The number of aromatic nitrogens is 3. The van der Waals surface area contributed by atoms with Crippen molar-refractivity contribution in [2.24, 2.45) is 7.05 Å². The molecule has 20 heavy (non-hydrogen) atoms. The van der Waals surface area contributed by atoms with Gasteiger partial charge in [0.25, 0.3) is 0 Å². The molecule has 7 heteroatoms. The van der Waals surface area contributed by atoms with E-state index in [1.807, 2.05) is 7.05 Å². The number of rotatable bonds is 6. The van der Waals surface area contributed by atoms with Crippen LogP contribution in [0.1, 0.15) is 11.4 Å². The molecular formula is C13H17N3O4. The predicted octanol–water partition coefficient (Wildman–Crippen LogP) is 0.904. The second kappa shape index (κ2) is 6.25. The molecule has 2 rings (SSSR count). The maximum absolute atomic E-state index is 9.21. The molecule has 1 aromatic heterocycles. The van der Waals surface area contributed by atoms with Crippen molar-refractivity contribution in [2.45, 2.75) is 13.2 Å². The molecule has 7 nitrogen and oxygen atoms in total. The minimum Gasteiger partial charge on any atom is -0.493 e. The number of methoxy groups -OCH3 is 2. The van der Waals surface area contributed by atoms with E-state index in [4.69, 9.17) is 14.2 Å². The fourth-order valence-electron chi connectivity index (χ4n) is 1.74. The van der Waals surface area contributed by atoms with Crippen molar-refractivity contribution >= 4 is 0 Å². The normalized spacial score (nSPS) is 10.4. The Balaban J connectivity index is 2.27. The van der Waals surface area contributed by atoms with Crippen LogP contribution in [0.25, 0.3) is 0 Å². The molecule has 0 amide bonds. The fraction of sp³-hybridized carbons (Fsp3) is 0.385. The zero-order chi connectivity index (χ0) is 14.5. The van der Waals surface area contributed by atoms with E-state index in [9.17, 15) is 5.11 Å². The van der Waals surface area contributed by atoms with Crippen molar-refractivity contribution in [3.8, 4) is 17.2 Å². The monoisotopic (exact) mass is 279 g/mol. The number of aryl methyl sites for hydroxylation is 1. The number of ether oxygens (including phenoxy) is 3. The predicted molar refractivity (Wildman–Crippen MR) is 70.8 cm³/mol. The highest BCUT2D eigenvalue weighted by atomic mass is 16.5. The van der Waals surface area contributed by atoms with Crippen LogP contribution in [0, 0.1) is 0 Å². The van der Waals surface area contributed by atoms with E-state index in [-0.39, 0.29) is 13.2 Å². The van der Waals surface area contributed by atoms with Crippen LogP contribution in [0.5, 0.6) is 17.2 Å². The van der Waals surface area contributed by atoms with Crippen molar-refractivity contribution in [1.82, 2.24) is 14.8 Å². The van der Waals surface area contributed by atoms with Gasteiger partial charge >= 0.3 is 0 Å². The molecule has 0 fully saturated rings. The molecule has 0 unspecified atom stereocenters. The molecule has 0 saturated carbocycles. The third-order valence-corrected chi connectivity index (χ3v) is 2.85. The van der Waals surface area contributed by atoms with Crippen LogP contribution < -0.4 is 14.2 Å². The molecule has 0 atom stereocenters. The van der Waals surface area contributed by atoms with Gasteiger partial charge in [0.1, 0.15) is 12.9 Å². The average Bonchev–Trinajstić information content (AvgIpc) is 2.89. The molecule has 1 aromatic carbocycles. The third-order valence-electron chi connectivity index (χ3n) is 2.85. The van der Waals surface area contributed by atoms with Gasteiger partial charge in [-0.3, -0.25) is 0 Å². The summed E-state index contributed by atoms with van der Waals surface area (Å²) in [5.74, 6) is 2.14. The van der Waals surface area contributed by atoms with Crippen LogP contribution >= 0.6 is 0 Å². The second-order valence-electron chi connectivity index (χ2n) is 4.13. The van der Waals surface area contributed by atoms with Crippen molar-refractivity contribution in [2.75, 3.05) is 14.2 Å². The van der Waals surface area contributed by atoms with Crippen LogP contribution in [0.4, 0.5) is 0 Å². The second-order valence-corrected chi connectivity index (χ2v) is 4.13. The maximum Gasteiger partial charge on any atom is 0.204 e. The van der Waals surface area contributed by atoms with Crippen molar-refractivity contribution < 1.29 is 19.3 Å². The van der Waals surface area contributed by atoms with Gasteiger partial charge in [-0.2, -0.15) is 0 Å². The van der Waals surface area contributed by atoms with Crippen molar-refractivity contribution in [1.29, 1.82) is 0 Å². The Labute approximate surface area is 116 Å². The molecule has 0 aliphatic heterocycles. The molecule has 0 saturated heterocycles. The summed E-state index contributed by atoms with van der Waals surface area (Å²) in [6, 6.07) is 3.41. The minimum atomic E-state index is -0.101. The Morgan fingerprint density at radius 1 is 1.20 bits per heavy atom. The molecule has 0 spiro atoms. The number of aliphatic hydroxyl groups excluding tert-OH is 1. The minimum absolute atomic E-state index is 0.101. The Morgan fingerprint density at radius 3 is 2.30 bits per heavy atom. The summed E-state index contributed by atoms with van der Waals surface area (Å²) in [7, 11) is 4.90. The lowest BCUT2D eigenvalue weighted by molar-refractivity contribution is 0.252. The van der Waals surface area contributed by atoms with Crippen LogP contribution in [0.3, 0.4) is 0 Å². The summed E-state index contributed by atoms with van der Waals surface area (Å²) in [5.41, 5.74) is 0.685. The largest absolute Gasteiger partial charge is 0.493 e. The van der Waals surface area contributed by atoms with Gasteiger partial charge in [-0.05, 0) is 17.7 Å². The van der Waals surface area contributed by atoms with E-state index < -0.39 is 0 Å². The number of aliphatic hydroxyl groups is 1. The summed E-state index contributed by atoms with van der Waals surface area (Å²) in [6.45, 7) is 0.137. The van der Waals surface area contributed by atoms with Gasteiger partial charge in [-0.25, -0.2) is 0 Å². The molecule has 0 aliphatic rings. The topological polar surface area (TPSA) is 78.6 Å². The van der Waals surface area contributed by atoms with Crippen LogP contribution in [-0.4, -0.2) is 34.1 Å². The molecule has 1 heterocycles. The SMILES string of the molecule is COc1cc(CO)cc(OC)c1OCc1nncn1C. The number of hydrogen-bond acceptors (Lipinski definition) is 6. The van der Waals surface area contributed by atoms with E-state index >= 15 is 0 Å². The zero-order valence-electron chi connectivity index (χ0n) is 11.7. The summed E-state index contributed by atoms with van der Waals surface area (Å²) in [4.78, 5) is 0. The standard InChI is InChI=1S/C13H17N3O4/c1-16-8-14-15-12(16)7-20-13-10(18-2)4-9(6-17)5-11(13)19-3/h4-5,8,17H,6-7H2,1-3H3. The number of nitrogens with zero attached hydrogens (tertiary/aromatic N) is 3. The zero-order valence-corrected chi connectivity index (χ0v) is 11.7. The van der Waals surface area contributed by atoms with E-state index in [2.05, 4.69) is 10.2 Å². The lowest BCUT2D eigenvalue weighted by Gasteiger charge is -2.15. The molecular weight excluding hydrogens is 262 g/mol. The Bertz CT molecular complexity index is 558. The smallest absolute Gasteiger partial charge is 0.204 e. The molecule has 2 aromatic rings. The first-order valence-electron chi connectivity index (χ1n) is 6.01. The first-order chi connectivity index (χ1) is 9.69. The maximum atomic E-state index is 9.21. The lowest BCUT2D eigenvalue weighted by atomic mass is 10.2. The van der Waals surface area contributed by atoms with Gasteiger partial charge in [0.05, 0.1) is 20.8 Å². The van der Waals surface area contributed by atoms with Crippen LogP contribution in [0.15, 0.2) is 18.5 Å². The molecule has 108 valence electrons. The first kappa shape index (κ1) is 14.1. The van der Waals surface area contributed by atoms with Crippen molar-refractivity contribution in [3.05, 3.63) is 29.8 Å². The van der Waals surface area contributed by atoms with Crippen LogP contribution in [-0.2, 0) is 20.3 Å². The summed E-state index contributed by atoms with van der Waals surface area (Å²) in [6.07, 6.45) is 1.60. The first-order valence-corrected chi connectivity index (χ1v) is 6.01. The molecule has 0 bridgehead atoms. The highest BCUT2D eigenvalue weighted by molar-refractivity contribution is 5.53. The third kappa shape index (κ3) is 2.83. The van der Waals surface area contributed by atoms with E-state index in [0.29, 0.717) is 28.6 Å². The highest BCUT2D eigenvalue weighted by Gasteiger charge is 2.15. The van der Waals surface area contributed by atoms with E-state index in [1.54, 1.807) is 23.0 Å². The Hall–Kier alpha value is -2.28. The number of benzene rings is 1. The fourth-order valence-corrected chi connectivity index (χ4v) is 1.74. The quantitative estimate of drug-likeness (QED) is 0.846. The Kier molecular flexibility index (Phi) is 4.41. The van der Waals surface area contributed by atoms with Gasteiger partial charge in [-0.15, -0.1) is 10.2 Å². The van der Waals surface area contributed by atoms with Crippen molar-refractivity contribution in [3.63, 3.8) is 0 Å². The summed E-state index contributed by atoms with van der Waals surface area (Å²) < 4.78 is 18.0. The van der Waals surface area contributed by atoms with E-state index in [0.717, 1.165) is 0 Å².